The Hall–Kier alpha value is -4.78. The highest BCUT2D eigenvalue weighted by Gasteiger charge is 2.32. The van der Waals surface area contributed by atoms with Crippen molar-refractivity contribution >= 4 is 40.4 Å². The zero-order valence-electron chi connectivity index (χ0n) is 22.9. The standard InChI is InChI=1S/C30H28F3N7O3/c31-30(32,33)20-9-11-35-23(14-20)38-29(42)18-5-3-17(4-6-18)26-25-27-19(16-36-28(25)34)2-1-12-43-13-10-24(41)37-21-7-8-22(15-21)40(27)39-26/h1-6,9,11,14,16,21-22H,7-8,10,12-13,15H2,(H2,34,36)(H,37,41)(H,35,38,42)/t21-,22-/m1/s1. The second kappa shape index (κ2) is 11.5. The summed E-state index contributed by atoms with van der Waals surface area (Å²) in [5.74, 6) is -0.563. The van der Waals surface area contributed by atoms with Crippen LogP contribution in [0.3, 0.4) is 0 Å². The van der Waals surface area contributed by atoms with Crippen molar-refractivity contribution in [2.45, 2.75) is 43.9 Å². The van der Waals surface area contributed by atoms with Gasteiger partial charge in [0.25, 0.3) is 5.91 Å². The molecule has 2 bridgehead atoms. The smallest absolute Gasteiger partial charge is 0.383 e. The van der Waals surface area contributed by atoms with E-state index in [9.17, 15) is 22.8 Å². The van der Waals surface area contributed by atoms with Crippen LogP contribution in [0.15, 0.2) is 54.9 Å². The number of anilines is 2. The van der Waals surface area contributed by atoms with E-state index in [2.05, 4.69) is 20.6 Å². The number of aromatic nitrogens is 4. The number of halogens is 3. The van der Waals surface area contributed by atoms with Crippen molar-refractivity contribution in [2.24, 2.45) is 0 Å². The van der Waals surface area contributed by atoms with E-state index in [1.54, 1.807) is 30.5 Å². The predicted molar refractivity (Wildman–Crippen MR) is 154 cm³/mol. The van der Waals surface area contributed by atoms with Crippen molar-refractivity contribution in [1.29, 1.82) is 0 Å². The van der Waals surface area contributed by atoms with Crippen LogP contribution in [0.4, 0.5) is 24.8 Å². The van der Waals surface area contributed by atoms with Gasteiger partial charge in [0.15, 0.2) is 0 Å². The van der Waals surface area contributed by atoms with Gasteiger partial charge in [0.1, 0.15) is 17.3 Å². The summed E-state index contributed by atoms with van der Waals surface area (Å²) in [7, 11) is 0. The number of nitrogens with zero attached hydrogens (tertiary/aromatic N) is 4. The topological polar surface area (TPSA) is 137 Å². The van der Waals surface area contributed by atoms with Gasteiger partial charge in [-0.05, 0) is 43.5 Å². The van der Waals surface area contributed by atoms with Crippen molar-refractivity contribution in [3.8, 4) is 11.3 Å². The minimum absolute atomic E-state index is 0.0136. The van der Waals surface area contributed by atoms with Crippen LogP contribution in [0.5, 0.6) is 0 Å². The molecule has 1 aliphatic heterocycles. The lowest BCUT2D eigenvalue weighted by atomic mass is 10.0. The van der Waals surface area contributed by atoms with E-state index in [-0.39, 0.29) is 29.4 Å². The number of alkyl halides is 3. The molecule has 2 aliphatic rings. The van der Waals surface area contributed by atoms with Crippen molar-refractivity contribution < 1.29 is 27.5 Å². The third-order valence-corrected chi connectivity index (χ3v) is 7.63. The van der Waals surface area contributed by atoms with Gasteiger partial charge in [0.2, 0.25) is 5.91 Å². The molecule has 1 fully saturated rings. The van der Waals surface area contributed by atoms with Gasteiger partial charge in [-0.15, -0.1) is 0 Å². The summed E-state index contributed by atoms with van der Waals surface area (Å²) < 4.78 is 46.7. The number of rotatable bonds is 3. The summed E-state index contributed by atoms with van der Waals surface area (Å²) in [4.78, 5) is 33.4. The average Bonchev–Trinajstić information content (AvgIpc) is 3.61. The summed E-state index contributed by atoms with van der Waals surface area (Å²) in [6, 6.07) is 8.18. The first-order valence-corrected chi connectivity index (χ1v) is 13.8. The Morgan fingerprint density at radius 1 is 1.14 bits per heavy atom. The largest absolute Gasteiger partial charge is 0.416 e. The molecule has 2 amide bonds. The lowest BCUT2D eigenvalue weighted by Gasteiger charge is -2.16. The highest BCUT2D eigenvalue weighted by molar-refractivity contribution is 6.06. The van der Waals surface area contributed by atoms with E-state index >= 15 is 0 Å². The fraction of sp³-hybridized carbons (Fsp3) is 0.300. The van der Waals surface area contributed by atoms with E-state index in [1.807, 2.05) is 16.8 Å². The third kappa shape index (κ3) is 5.93. The molecule has 222 valence electrons. The molecule has 0 spiro atoms. The lowest BCUT2D eigenvalue weighted by molar-refractivity contribution is -0.137. The van der Waals surface area contributed by atoms with Crippen LogP contribution in [0.1, 0.15) is 53.2 Å². The maximum atomic E-state index is 13.1. The normalized spacial score (nSPS) is 19.2. The summed E-state index contributed by atoms with van der Waals surface area (Å²) in [6.45, 7) is 0.654. The number of benzene rings is 1. The van der Waals surface area contributed by atoms with Crippen LogP contribution >= 0.6 is 0 Å². The third-order valence-electron chi connectivity index (χ3n) is 7.63. The molecule has 0 radical (unpaired) electrons. The maximum Gasteiger partial charge on any atom is 0.416 e. The number of carbonyl (C=O) groups is 2. The van der Waals surface area contributed by atoms with Gasteiger partial charge in [-0.3, -0.25) is 14.3 Å². The lowest BCUT2D eigenvalue weighted by Crippen LogP contribution is -2.33. The van der Waals surface area contributed by atoms with Crippen molar-refractivity contribution in [2.75, 3.05) is 24.3 Å². The summed E-state index contributed by atoms with van der Waals surface area (Å²) in [5, 5.41) is 11.2. The quantitative estimate of drug-likeness (QED) is 0.305. The first-order chi connectivity index (χ1) is 20.7. The molecule has 1 aromatic carbocycles. The predicted octanol–water partition coefficient (Wildman–Crippen LogP) is 4.99. The number of hydrogen-bond acceptors (Lipinski definition) is 7. The van der Waals surface area contributed by atoms with Crippen molar-refractivity contribution in [3.05, 3.63) is 71.6 Å². The summed E-state index contributed by atoms with van der Waals surface area (Å²) >= 11 is 0. The summed E-state index contributed by atoms with van der Waals surface area (Å²) in [5.41, 5.74) is 8.62. The molecule has 1 aliphatic carbocycles. The van der Waals surface area contributed by atoms with Crippen LogP contribution in [0.25, 0.3) is 28.2 Å². The van der Waals surface area contributed by atoms with Gasteiger partial charge in [0, 0.05) is 41.5 Å². The number of amides is 2. The van der Waals surface area contributed by atoms with Crippen LogP contribution in [0.2, 0.25) is 0 Å². The minimum Gasteiger partial charge on any atom is -0.383 e. The molecule has 0 saturated heterocycles. The van der Waals surface area contributed by atoms with Crippen molar-refractivity contribution in [1.82, 2.24) is 25.1 Å². The fourth-order valence-corrected chi connectivity index (χ4v) is 5.55. The van der Waals surface area contributed by atoms with Gasteiger partial charge in [-0.2, -0.15) is 18.3 Å². The SMILES string of the molecule is Nc1ncc2c3c1c(-c1ccc(C(=O)Nc4cc(C(F)(F)F)ccn4)cc1)nn3[C@@H]1CC[C@H](C1)NC(=O)CCOCC=C2. The van der Waals surface area contributed by atoms with Gasteiger partial charge in [0.05, 0.1) is 35.7 Å². The summed E-state index contributed by atoms with van der Waals surface area (Å²) in [6.07, 6.45) is 4.52. The molecule has 10 nitrogen and oxygen atoms in total. The number of nitrogens with one attached hydrogen (secondary N) is 2. The molecule has 4 N–H and O–H groups in total. The number of pyridine rings is 2. The Kier molecular flexibility index (Phi) is 7.57. The first-order valence-electron chi connectivity index (χ1n) is 13.8. The van der Waals surface area contributed by atoms with Crippen LogP contribution < -0.4 is 16.4 Å². The Balaban J connectivity index is 1.34. The monoisotopic (exact) mass is 591 g/mol. The van der Waals surface area contributed by atoms with Gasteiger partial charge in [-0.1, -0.05) is 24.3 Å². The maximum absolute atomic E-state index is 13.1. The van der Waals surface area contributed by atoms with Crippen LogP contribution in [-0.4, -0.2) is 50.8 Å². The van der Waals surface area contributed by atoms with Gasteiger partial charge >= 0.3 is 6.18 Å². The fourth-order valence-electron chi connectivity index (χ4n) is 5.55. The van der Waals surface area contributed by atoms with E-state index in [0.717, 1.165) is 42.3 Å². The zero-order chi connectivity index (χ0) is 30.1. The highest BCUT2D eigenvalue weighted by Crippen LogP contribution is 2.39. The highest BCUT2D eigenvalue weighted by atomic mass is 19.4. The number of carbonyl (C=O) groups excluding carboxylic acids is 2. The Morgan fingerprint density at radius 2 is 1.95 bits per heavy atom. The molecule has 6 rings (SSSR count). The molecular weight excluding hydrogens is 563 g/mol. The average molecular weight is 592 g/mol. The van der Waals surface area contributed by atoms with Crippen LogP contribution in [0, 0.1) is 0 Å². The van der Waals surface area contributed by atoms with E-state index in [4.69, 9.17) is 15.6 Å². The Bertz CT molecular complexity index is 1720. The molecular formula is C30H28F3N7O3. The minimum atomic E-state index is -4.56. The molecule has 43 heavy (non-hydrogen) atoms. The second-order valence-electron chi connectivity index (χ2n) is 10.5. The Labute approximate surface area is 244 Å². The van der Waals surface area contributed by atoms with Gasteiger partial charge < -0.3 is 21.1 Å². The number of nitrogen functional groups attached to an aromatic ring is 1. The second-order valence-corrected chi connectivity index (χ2v) is 10.5. The van der Waals surface area contributed by atoms with Gasteiger partial charge in [-0.25, -0.2) is 9.97 Å². The molecule has 3 aromatic heterocycles. The number of fused-ring (bicyclic) bond motifs is 3. The number of hydrogen-bond donors (Lipinski definition) is 3. The van der Waals surface area contributed by atoms with E-state index in [0.29, 0.717) is 48.5 Å². The number of ether oxygens (including phenoxy) is 1. The molecule has 4 aromatic rings. The molecule has 1 saturated carbocycles. The Morgan fingerprint density at radius 3 is 2.74 bits per heavy atom. The molecule has 0 unspecified atom stereocenters. The van der Waals surface area contributed by atoms with E-state index in [1.165, 1.54) is 0 Å². The zero-order valence-corrected chi connectivity index (χ0v) is 22.9. The molecule has 13 heteroatoms. The number of nitrogens with two attached hydrogens (primary N) is 1. The van der Waals surface area contributed by atoms with Crippen molar-refractivity contribution in [3.63, 3.8) is 0 Å². The molecule has 2 atom stereocenters. The van der Waals surface area contributed by atoms with Crippen LogP contribution in [-0.2, 0) is 15.7 Å². The first kappa shape index (κ1) is 28.3. The van der Waals surface area contributed by atoms with E-state index < -0.39 is 17.6 Å². The molecule has 4 heterocycles.